The number of ether oxygens (including phenoxy) is 1. The number of carbonyl (C=O) groups excluding carboxylic acids is 1. The van der Waals surface area contributed by atoms with Crippen LogP contribution in [0.2, 0.25) is 0 Å². The van der Waals surface area contributed by atoms with Crippen LogP contribution in [0.3, 0.4) is 0 Å². The fraction of sp³-hybridized carbons (Fsp3) is 0.333. The molecule has 29 heavy (non-hydrogen) atoms. The number of pyridine rings is 1. The maximum atomic E-state index is 13.2. The van der Waals surface area contributed by atoms with Crippen LogP contribution in [0.15, 0.2) is 48.5 Å². The van der Waals surface area contributed by atoms with Crippen molar-refractivity contribution in [3.8, 4) is 0 Å². The Hall–Kier alpha value is -2.92. The van der Waals surface area contributed by atoms with Gasteiger partial charge < -0.3 is 14.5 Å². The Labute approximate surface area is 171 Å². The lowest BCUT2D eigenvalue weighted by atomic mass is 10.0. The van der Waals surface area contributed by atoms with Gasteiger partial charge in [-0.1, -0.05) is 23.8 Å². The van der Waals surface area contributed by atoms with E-state index >= 15 is 0 Å². The topological polar surface area (TPSA) is 45.7 Å². The summed E-state index contributed by atoms with van der Waals surface area (Å²) in [5.41, 5.74) is 5.87. The van der Waals surface area contributed by atoms with Gasteiger partial charge in [0.15, 0.2) is 0 Å². The number of hydrogen-bond acceptors (Lipinski definition) is 4. The second-order valence-corrected chi connectivity index (χ2v) is 7.76. The Balaban J connectivity index is 1.53. The molecule has 5 nitrogen and oxygen atoms in total. The van der Waals surface area contributed by atoms with Gasteiger partial charge in [-0.05, 0) is 49.7 Å². The van der Waals surface area contributed by atoms with Crippen molar-refractivity contribution in [3.63, 3.8) is 0 Å². The predicted molar refractivity (Wildman–Crippen MR) is 116 cm³/mol. The second kappa shape index (κ2) is 8.21. The molecule has 2 heterocycles. The van der Waals surface area contributed by atoms with Gasteiger partial charge in [0, 0.05) is 43.4 Å². The number of carbonyl (C=O) groups is 1. The number of nitrogens with zero attached hydrogens (tertiary/aromatic N) is 3. The normalized spacial score (nSPS) is 14.2. The van der Waals surface area contributed by atoms with E-state index < -0.39 is 0 Å². The number of fused-ring (bicyclic) bond motifs is 1. The standard InChI is InChI=1S/C24H27N3O2/c1-17-4-9-23-21(14-17)22(15-18(2)25-23)24(28)26(3)16-19-5-7-20(8-6-19)27-10-12-29-13-11-27/h4-9,14-15H,10-13,16H2,1-3H3. The van der Waals surface area contributed by atoms with Crippen molar-refractivity contribution in [1.82, 2.24) is 9.88 Å². The second-order valence-electron chi connectivity index (χ2n) is 7.76. The molecule has 1 fully saturated rings. The van der Waals surface area contributed by atoms with Crippen LogP contribution in [-0.4, -0.2) is 49.1 Å². The minimum absolute atomic E-state index is 0.0170. The molecule has 0 aliphatic carbocycles. The van der Waals surface area contributed by atoms with Gasteiger partial charge in [-0.15, -0.1) is 0 Å². The summed E-state index contributed by atoms with van der Waals surface area (Å²) >= 11 is 0. The monoisotopic (exact) mass is 389 g/mol. The Morgan fingerprint density at radius 1 is 1.07 bits per heavy atom. The highest BCUT2D eigenvalue weighted by Gasteiger charge is 2.17. The third-order valence-electron chi connectivity index (χ3n) is 5.40. The molecule has 1 saturated heterocycles. The largest absolute Gasteiger partial charge is 0.378 e. The van der Waals surface area contributed by atoms with Crippen molar-refractivity contribution >= 4 is 22.5 Å². The first-order chi connectivity index (χ1) is 14.0. The lowest BCUT2D eigenvalue weighted by molar-refractivity contribution is 0.0787. The van der Waals surface area contributed by atoms with Crippen LogP contribution in [0.4, 0.5) is 5.69 Å². The summed E-state index contributed by atoms with van der Waals surface area (Å²) in [5.74, 6) is 0.0170. The van der Waals surface area contributed by atoms with Crippen molar-refractivity contribution in [2.45, 2.75) is 20.4 Å². The van der Waals surface area contributed by atoms with Gasteiger partial charge in [0.2, 0.25) is 0 Å². The number of morpholine rings is 1. The number of amides is 1. The lowest BCUT2D eigenvalue weighted by Crippen LogP contribution is -2.36. The van der Waals surface area contributed by atoms with E-state index in [1.807, 2.05) is 45.2 Å². The van der Waals surface area contributed by atoms with Crippen LogP contribution in [-0.2, 0) is 11.3 Å². The minimum Gasteiger partial charge on any atom is -0.378 e. The summed E-state index contributed by atoms with van der Waals surface area (Å²) in [6.45, 7) is 7.93. The average molecular weight is 389 g/mol. The summed E-state index contributed by atoms with van der Waals surface area (Å²) in [7, 11) is 1.86. The smallest absolute Gasteiger partial charge is 0.254 e. The molecule has 0 atom stereocenters. The average Bonchev–Trinajstić information content (AvgIpc) is 2.74. The molecule has 4 rings (SSSR count). The molecule has 1 amide bonds. The van der Waals surface area contributed by atoms with Gasteiger partial charge in [-0.25, -0.2) is 0 Å². The Bertz CT molecular complexity index is 1020. The van der Waals surface area contributed by atoms with Crippen molar-refractivity contribution < 1.29 is 9.53 Å². The van der Waals surface area contributed by atoms with Gasteiger partial charge >= 0.3 is 0 Å². The predicted octanol–water partition coefficient (Wildman–Crippen LogP) is 3.96. The molecule has 0 radical (unpaired) electrons. The Kier molecular flexibility index (Phi) is 5.49. The van der Waals surface area contributed by atoms with Crippen LogP contribution in [0.25, 0.3) is 10.9 Å². The zero-order valence-corrected chi connectivity index (χ0v) is 17.3. The number of benzene rings is 2. The molecule has 2 aromatic carbocycles. The molecule has 1 aliphatic heterocycles. The van der Waals surface area contributed by atoms with E-state index in [1.165, 1.54) is 5.69 Å². The maximum absolute atomic E-state index is 13.2. The highest BCUT2D eigenvalue weighted by Crippen LogP contribution is 2.22. The third-order valence-corrected chi connectivity index (χ3v) is 5.40. The number of aryl methyl sites for hydroxylation is 2. The highest BCUT2D eigenvalue weighted by molar-refractivity contribution is 6.06. The van der Waals surface area contributed by atoms with Gasteiger partial charge in [-0.3, -0.25) is 9.78 Å². The Morgan fingerprint density at radius 3 is 2.52 bits per heavy atom. The molecule has 1 aliphatic rings. The molecular formula is C24H27N3O2. The zero-order valence-electron chi connectivity index (χ0n) is 17.3. The van der Waals surface area contributed by atoms with Crippen molar-refractivity contribution in [3.05, 3.63) is 70.9 Å². The minimum atomic E-state index is 0.0170. The fourth-order valence-corrected chi connectivity index (χ4v) is 3.83. The molecule has 150 valence electrons. The van der Waals surface area contributed by atoms with Gasteiger partial charge in [0.05, 0.1) is 24.3 Å². The van der Waals surface area contributed by atoms with Crippen molar-refractivity contribution in [1.29, 1.82) is 0 Å². The van der Waals surface area contributed by atoms with Crippen molar-refractivity contribution in [2.75, 3.05) is 38.3 Å². The zero-order chi connectivity index (χ0) is 20.4. The molecule has 3 aromatic rings. The molecule has 0 saturated carbocycles. The van der Waals surface area contributed by atoms with Crippen LogP contribution < -0.4 is 4.90 Å². The van der Waals surface area contributed by atoms with Crippen LogP contribution in [0.5, 0.6) is 0 Å². The molecule has 1 aromatic heterocycles. The number of aromatic nitrogens is 1. The summed E-state index contributed by atoms with van der Waals surface area (Å²) in [4.78, 5) is 21.9. The summed E-state index contributed by atoms with van der Waals surface area (Å²) in [5, 5.41) is 0.912. The number of rotatable bonds is 4. The maximum Gasteiger partial charge on any atom is 0.254 e. The van der Waals surface area contributed by atoms with Crippen molar-refractivity contribution in [2.24, 2.45) is 0 Å². The Morgan fingerprint density at radius 2 is 1.79 bits per heavy atom. The molecule has 0 spiro atoms. The first-order valence-electron chi connectivity index (χ1n) is 10.1. The molecular weight excluding hydrogens is 362 g/mol. The molecule has 0 unspecified atom stereocenters. The van der Waals surface area contributed by atoms with E-state index in [-0.39, 0.29) is 5.91 Å². The van der Waals surface area contributed by atoms with Crippen LogP contribution >= 0.6 is 0 Å². The number of hydrogen-bond donors (Lipinski definition) is 0. The summed E-state index contributed by atoms with van der Waals surface area (Å²) in [6.07, 6.45) is 0. The van der Waals surface area contributed by atoms with Crippen LogP contribution in [0.1, 0.15) is 27.2 Å². The van der Waals surface area contributed by atoms with E-state index in [4.69, 9.17) is 4.74 Å². The first kappa shape index (κ1) is 19.4. The fourth-order valence-electron chi connectivity index (χ4n) is 3.83. The third kappa shape index (κ3) is 4.25. The van der Waals surface area contributed by atoms with E-state index in [2.05, 4.69) is 34.1 Å². The van der Waals surface area contributed by atoms with E-state index in [9.17, 15) is 4.79 Å². The SMILES string of the molecule is Cc1ccc2nc(C)cc(C(=O)N(C)Cc3ccc(N4CCOCC4)cc3)c2c1. The molecule has 0 N–H and O–H groups in total. The van der Waals surface area contributed by atoms with E-state index in [1.54, 1.807) is 4.90 Å². The summed E-state index contributed by atoms with van der Waals surface area (Å²) in [6, 6.07) is 16.4. The molecule has 0 bridgehead atoms. The van der Waals surface area contributed by atoms with Gasteiger partial charge in [0.25, 0.3) is 5.91 Å². The van der Waals surface area contributed by atoms with E-state index in [0.29, 0.717) is 12.1 Å². The quantitative estimate of drug-likeness (QED) is 0.678. The first-order valence-corrected chi connectivity index (χ1v) is 10.1. The molecule has 5 heteroatoms. The summed E-state index contributed by atoms with van der Waals surface area (Å²) < 4.78 is 5.42. The van der Waals surface area contributed by atoms with Gasteiger partial charge in [0.1, 0.15) is 0 Å². The van der Waals surface area contributed by atoms with E-state index in [0.717, 1.165) is 54.0 Å². The number of anilines is 1. The highest BCUT2D eigenvalue weighted by atomic mass is 16.5. The van der Waals surface area contributed by atoms with Crippen LogP contribution in [0, 0.1) is 13.8 Å². The van der Waals surface area contributed by atoms with Gasteiger partial charge in [-0.2, -0.15) is 0 Å². The lowest BCUT2D eigenvalue weighted by Gasteiger charge is -2.29.